The number of aliphatic carboxylic acids is 4. The lowest BCUT2D eigenvalue weighted by Crippen LogP contribution is -2.23. The van der Waals surface area contributed by atoms with Gasteiger partial charge in [-0.3, -0.25) is 0 Å². The monoisotopic (exact) mass is 654 g/mol. The van der Waals surface area contributed by atoms with E-state index in [4.69, 9.17) is 39.6 Å². The lowest BCUT2D eigenvalue weighted by molar-refractivity contribution is -0.159. The van der Waals surface area contributed by atoms with Crippen LogP contribution in [0.1, 0.15) is 11.1 Å². The molecule has 0 aliphatic heterocycles. The van der Waals surface area contributed by atoms with Crippen molar-refractivity contribution >= 4 is 56.8 Å². The van der Waals surface area contributed by atoms with Crippen molar-refractivity contribution in [3.8, 4) is 0 Å². The van der Waals surface area contributed by atoms with Gasteiger partial charge in [-0.15, -0.1) is 0 Å². The quantitative estimate of drug-likeness (QED) is 0.0683. The predicted molar refractivity (Wildman–Crippen MR) is 185 cm³/mol. The Morgan fingerprint density at radius 1 is 0.438 bits per heavy atom. The predicted octanol–water partition coefficient (Wildman–Crippen LogP) is 4.71. The van der Waals surface area contributed by atoms with Gasteiger partial charge in [0.1, 0.15) is 0 Å². The molecule has 0 heterocycles. The Bertz CT molecular complexity index is 1670. The summed E-state index contributed by atoms with van der Waals surface area (Å²) in [5, 5.41) is 48.9. The first kappa shape index (κ1) is 36.5. The van der Waals surface area contributed by atoms with E-state index in [9.17, 15) is 0 Å². The lowest BCUT2D eigenvalue weighted by atomic mass is 10.1. The van der Waals surface area contributed by atoms with Gasteiger partial charge in [-0.2, -0.15) is 0 Å². The number of hydrogen-bond acceptors (Lipinski definition) is 8. The van der Waals surface area contributed by atoms with Gasteiger partial charge in [-0.25, -0.2) is 19.2 Å². The zero-order valence-corrected chi connectivity index (χ0v) is 26.1. The van der Waals surface area contributed by atoms with E-state index in [1.807, 2.05) is 0 Å². The molecule has 5 aromatic carbocycles. The smallest absolute Gasteiger partial charge is 0.414 e. The largest absolute Gasteiger partial charge is 0.473 e. The molecule has 12 heteroatoms. The van der Waals surface area contributed by atoms with Crippen LogP contribution in [0.5, 0.6) is 0 Å². The maximum atomic E-state index is 9.10. The Morgan fingerprint density at radius 2 is 0.792 bits per heavy atom. The molecular weight excluding hydrogens is 616 g/mol. The summed E-state index contributed by atoms with van der Waals surface area (Å²) in [5.41, 5.74) is 5.01. The van der Waals surface area contributed by atoms with Crippen molar-refractivity contribution in [3.05, 3.63) is 120 Å². The molecule has 0 aliphatic rings. The van der Waals surface area contributed by atoms with Gasteiger partial charge in [-0.05, 0) is 34.0 Å². The van der Waals surface area contributed by atoms with Crippen LogP contribution in [-0.2, 0) is 32.3 Å². The minimum absolute atomic E-state index is 0.869. The van der Waals surface area contributed by atoms with Gasteiger partial charge < -0.3 is 41.7 Å². The van der Waals surface area contributed by atoms with Crippen molar-refractivity contribution < 1.29 is 39.6 Å². The highest BCUT2D eigenvalue weighted by Gasteiger charge is 2.05. The molecule has 5 aromatic rings. The van der Waals surface area contributed by atoms with Crippen molar-refractivity contribution in [2.75, 3.05) is 36.8 Å². The van der Waals surface area contributed by atoms with Crippen LogP contribution >= 0.6 is 0 Å². The second-order valence-electron chi connectivity index (χ2n) is 10.3. The molecule has 12 nitrogen and oxygen atoms in total. The number of carboxylic acid groups (broad SMARTS) is 4. The highest BCUT2D eigenvalue weighted by atomic mass is 16.4. The molecule has 48 heavy (non-hydrogen) atoms. The molecule has 0 aliphatic carbocycles. The van der Waals surface area contributed by atoms with Gasteiger partial charge in [0, 0.05) is 61.4 Å². The van der Waals surface area contributed by atoms with E-state index in [1.54, 1.807) is 0 Å². The highest BCUT2D eigenvalue weighted by molar-refractivity contribution is 6.27. The summed E-state index contributed by atoms with van der Waals surface area (Å²) in [7, 11) is 0. The minimum Gasteiger partial charge on any atom is -0.473 e. The number of nitrogens with one attached hydrogen (secondary N) is 4. The van der Waals surface area contributed by atoms with Crippen molar-refractivity contribution in [1.82, 2.24) is 10.6 Å². The molecule has 0 saturated carbocycles. The molecule has 0 radical (unpaired) electrons. The first-order valence-electron chi connectivity index (χ1n) is 15.0. The number of benzene rings is 5. The van der Waals surface area contributed by atoms with Crippen LogP contribution in [0.2, 0.25) is 0 Å². The molecule has 0 amide bonds. The third kappa shape index (κ3) is 12.4. The number of anilines is 2. The average Bonchev–Trinajstić information content (AvgIpc) is 3.09. The zero-order valence-electron chi connectivity index (χ0n) is 26.1. The van der Waals surface area contributed by atoms with Crippen LogP contribution in [0.4, 0.5) is 11.4 Å². The number of carbonyl (C=O) groups is 4. The molecule has 0 spiro atoms. The van der Waals surface area contributed by atoms with Crippen LogP contribution in [0.15, 0.2) is 109 Å². The van der Waals surface area contributed by atoms with Gasteiger partial charge in [0.05, 0.1) is 0 Å². The topological polar surface area (TPSA) is 197 Å². The molecule has 0 bridgehead atoms. The van der Waals surface area contributed by atoms with Gasteiger partial charge in [0.25, 0.3) is 0 Å². The molecule has 0 saturated heterocycles. The summed E-state index contributed by atoms with van der Waals surface area (Å²) < 4.78 is 0. The van der Waals surface area contributed by atoms with E-state index in [-0.39, 0.29) is 0 Å². The van der Waals surface area contributed by atoms with Crippen LogP contribution in [0, 0.1) is 0 Å². The maximum absolute atomic E-state index is 9.10. The Kier molecular flexibility index (Phi) is 14.8. The first-order chi connectivity index (χ1) is 23.2. The third-order valence-electron chi connectivity index (χ3n) is 6.83. The molecule has 250 valence electrons. The highest BCUT2D eigenvalue weighted by Crippen LogP contribution is 2.23. The lowest BCUT2D eigenvalue weighted by Gasteiger charge is -2.12. The zero-order chi connectivity index (χ0) is 34.7. The van der Waals surface area contributed by atoms with Crippen LogP contribution in [0.3, 0.4) is 0 Å². The Hall–Kier alpha value is -5.98. The van der Waals surface area contributed by atoms with E-state index in [1.165, 1.54) is 44.0 Å². The van der Waals surface area contributed by atoms with Gasteiger partial charge >= 0.3 is 23.9 Å². The number of hydrogen-bond donors (Lipinski definition) is 8. The van der Waals surface area contributed by atoms with Gasteiger partial charge in [0.15, 0.2) is 0 Å². The van der Waals surface area contributed by atoms with E-state index in [0.717, 1.165) is 39.3 Å². The third-order valence-corrected chi connectivity index (χ3v) is 6.83. The second kappa shape index (κ2) is 19.5. The van der Waals surface area contributed by atoms with E-state index in [2.05, 4.69) is 130 Å². The van der Waals surface area contributed by atoms with Gasteiger partial charge in [-0.1, -0.05) is 97.1 Å². The van der Waals surface area contributed by atoms with Gasteiger partial charge in [0.2, 0.25) is 0 Å². The molecule has 0 aromatic heterocycles. The van der Waals surface area contributed by atoms with E-state index < -0.39 is 23.9 Å². The summed E-state index contributed by atoms with van der Waals surface area (Å²) in [5.74, 6) is -7.30. The summed E-state index contributed by atoms with van der Waals surface area (Å²) in [4.78, 5) is 36.4. The van der Waals surface area contributed by atoms with Crippen molar-refractivity contribution in [3.63, 3.8) is 0 Å². The fourth-order valence-electron chi connectivity index (χ4n) is 4.65. The normalized spacial score (nSPS) is 10.2. The molecular formula is C36H38N4O8. The first-order valence-corrected chi connectivity index (χ1v) is 15.0. The molecule has 5 rings (SSSR count). The Labute approximate surface area is 277 Å². The van der Waals surface area contributed by atoms with Crippen molar-refractivity contribution in [2.24, 2.45) is 0 Å². The summed E-state index contributed by atoms with van der Waals surface area (Å²) >= 11 is 0. The SMILES string of the molecule is O=C(O)C(=O)O.O=C(O)C(=O)O.c1cc(CNCCNc2cccc3ccccc23)cc(CNCCNc2cccc3ccccc23)c1. The Balaban J connectivity index is 0.000000446. The van der Waals surface area contributed by atoms with Crippen LogP contribution in [-0.4, -0.2) is 70.5 Å². The van der Waals surface area contributed by atoms with E-state index >= 15 is 0 Å². The second-order valence-corrected chi connectivity index (χ2v) is 10.3. The molecule has 0 atom stereocenters. The summed E-state index contributed by atoms with van der Waals surface area (Å²) in [6.45, 7) is 5.33. The minimum atomic E-state index is -1.82. The molecule has 0 unspecified atom stereocenters. The fraction of sp³-hybridized carbons (Fsp3) is 0.167. The number of rotatable bonds is 12. The molecule has 8 N–H and O–H groups in total. The summed E-state index contributed by atoms with van der Waals surface area (Å²) in [6, 6.07) is 38.6. The van der Waals surface area contributed by atoms with Crippen LogP contribution < -0.4 is 21.3 Å². The Morgan fingerprint density at radius 3 is 1.19 bits per heavy atom. The van der Waals surface area contributed by atoms with Crippen molar-refractivity contribution in [2.45, 2.75) is 13.1 Å². The number of fused-ring (bicyclic) bond motifs is 2. The maximum Gasteiger partial charge on any atom is 0.414 e. The number of carboxylic acids is 4. The summed E-state index contributed by atoms with van der Waals surface area (Å²) in [6.07, 6.45) is 0. The van der Waals surface area contributed by atoms with E-state index in [0.29, 0.717) is 0 Å². The standard InChI is InChI=1S/C32H34N4.2C2H2O4/c1-3-14-29-27(10-1)12-6-16-31(29)35-20-18-33-23-25-8-5-9-26(22-25)24-34-19-21-36-32-17-7-13-28-11-2-4-15-30(28)32;2*3-1(4)2(5)6/h1-17,22,33-36H,18-21,23-24H2;2*(H,3,4)(H,5,6). The van der Waals surface area contributed by atoms with Crippen LogP contribution in [0.25, 0.3) is 21.5 Å². The fourth-order valence-corrected chi connectivity index (χ4v) is 4.65. The van der Waals surface area contributed by atoms with Crippen molar-refractivity contribution in [1.29, 1.82) is 0 Å². The average molecular weight is 655 g/mol. The molecule has 0 fully saturated rings.